The Morgan fingerprint density at radius 3 is 2.65 bits per heavy atom. The molecule has 0 unspecified atom stereocenters. The van der Waals surface area contributed by atoms with Gasteiger partial charge in [0.1, 0.15) is 0 Å². The summed E-state index contributed by atoms with van der Waals surface area (Å²) in [6.45, 7) is 0.275. The molecule has 4 rings (SSSR count). The van der Waals surface area contributed by atoms with Gasteiger partial charge in [0.15, 0.2) is 16.6 Å². The van der Waals surface area contributed by atoms with Gasteiger partial charge in [-0.2, -0.15) is 0 Å². The van der Waals surface area contributed by atoms with Gasteiger partial charge in [-0.3, -0.25) is 0 Å². The van der Waals surface area contributed by atoms with Crippen molar-refractivity contribution in [2.24, 2.45) is 0 Å². The summed E-state index contributed by atoms with van der Waals surface area (Å²) < 4.78 is 10.7. The fourth-order valence-electron chi connectivity index (χ4n) is 2.18. The quantitative estimate of drug-likeness (QED) is 0.617. The normalized spacial score (nSPS) is 11.9. The van der Waals surface area contributed by atoms with E-state index < -0.39 is 0 Å². The van der Waals surface area contributed by atoms with Gasteiger partial charge in [-0.15, -0.1) is 28.3 Å². The van der Waals surface area contributed by atoms with Gasteiger partial charge >= 0.3 is 0 Å². The summed E-state index contributed by atoms with van der Waals surface area (Å²) in [4.78, 5) is 4.59. The molecular formula is C16H12BrClN2O2S. The predicted molar refractivity (Wildman–Crippen MR) is 98.7 cm³/mol. The molecule has 0 radical (unpaired) electrons. The largest absolute Gasteiger partial charge is 0.454 e. The van der Waals surface area contributed by atoms with Crippen LogP contribution in [0.1, 0.15) is 0 Å². The average Bonchev–Trinajstić information content (AvgIpc) is 3.17. The second kappa shape index (κ2) is 6.78. The smallest absolute Gasteiger partial charge is 0.231 e. The molecule has 0 atom stereocenters. The Morgan fingerprint density at radius 2 is 1.83 bits per heavy atom. The highest BCUT2D eigenvalue weighted by Crippen LogP contribution is 2.36. The van der Waals surface area contributed by atoms with Crippen molar-refractivity contribution in [2.75, 3.05) is 12.1 Å². The van der Waals surface area contributed by atoms with Crippen LogP contribution in [0.2, 0.25) is 5.02 Å². The zero-order chi connectivity index (χ0) is 14.9. The molecule has 118 valence electrons. The lowest BCUT2D eigenvalue weighted by molar-refractivity contribution is 0.174. The molecule has 1 aliphatic heterocycles. The number of halogens is 2. The van der Waals surface area contributed by atoms with Crippen molar-refractivity contribution in [1.29, 1.82) is 0 Å². The summed E-state index contributed by atoms with van der Waals surface area (Å²) in [6.07, 6.45) is 0. The minimum Gasteiger partial charge on any atom is -0.454 e. The highest BCUT2D eigenvalue weighted by atomic mass is 79.9. The van der Waals surface area contributed by atoms with E-state index in [1.165, 1.54) is 0 Å². The number of aromatic nitrogens is 1. The molecule has 0 amide bonds. The SMILES string of the molecule is Br.Clc1ccc(-c2csc(Nc3ccc4c(c3)OCO4)n2)cc1. The summed E-state index contributed by atoms with van der Waals surface area (Å²) in [7, 11) is 0. The molecule has 2 aromatic carbocycles. The molecule has 1 aromatic heterocycles. The first-order valence-electron chi connectivity index (χ1n) is 6.66. The molecule has 0 saturated carbocycles. The Labute approximate surface area is 152 Å². The van der Waals surface area contributed by atoms with Gasteiger partial charge in [0, 0.05) is 27.7 Å². The number of thiazole rings is 1. The third-order valence-electron chi connectivity index (χ3n) is 3.27. The monoisotopic (exact) mass is 410 g/mol. The van der Waals surface area contributed by atoms with E-state index in [2.05, 4.69) is 10.3 Å². The first kappa shape index (κ1) is 16.1. The van der Waals surface area contributed by atoms with Gasteiger partial charge in [0.05, 0.1) is 5.69 Å². The average molecular weight is 412 g/mol. The molecule has 7 heteroatoms. The first-order valence-corrected chi connectivity index (χ1v) is 7.92. The second-order valence-electron chi connectivity index (χ2n) is 4.74. The molecule has 0 fully saturated rings. The van der Waals surface area contributed by atoms with E-state index in [-0.39, 0.29) is 23.8 Å². The van der Waals surface area contributed by atoms with Crippen molar-refractivity contribution < 1.29 is 9.47 Å². The number of fused-ring (bicyclic) bond motifs is 1. The summed E-state index contributed by atoms with van der Waals surface area (Å²) in [5.41, 5.74) is 2.88. The zero-order valence-electron chi connectivity index (χ0n) is 11.8. The van der Waals surface area contributed by atoms with Crippen molar-refractivity contribution in [3.8, 4) is 22.8 Å². The van der Waals surface area contributed by atoms with Crippen molar-refractivity contribution in [3.63, 3.8) is 0 Å². The molecule has 1 N–H and O–H groups in total. The number of anilines is 2. The molecule has 1 aliphatic rings. The van der Waals surface area contributed by atoms with E-state index in [9.17, 15) is 0 Å². The lowest BCUT2D eigenvalue weighted by atomic mass is 10.2. The van der Waals surface area contributed by atoms with E-state index in [4.69, 9.17) is 21.1 Å². The van der Waals surface area contributed by atoms with Crippen LogP contribution in [0.5, 0.6) is 11.5 Å². The van der Waals surface area contributed by atoms with Crippen LogP contribution in [-0.4, -0.2) is 11.8 Å². The van der Waals surface area contributed by atoms with Crippen molar-refractivity contribution in [2.45, 2.75) is 0 Å². The van der Waals surface area contributed by atoms with Crippen LogP contribution in [0.15, 0.2) is 47.8 Å². The maximum atomic E-state index is 5.91. The summed E-state index contributed by atoms with van der Waals surface area (Å²) in [5.74, 6) is 1.52. The third-order valence-corrected chi connectivity index (χ3v) is 4.28. The zero-order valence-corrected chi connectivity index (χ0v) is 15.1. The molecule has 0 saturated heterocycles. The Balaban J connectivity index is 0.00000156. The molecule has 0 bridgehead atoms. The number of rotatable bonds is 3. The molecular weight excluding hydrogens is 400 g/mol. The molecule has 3 aromatic rings. The fraction of sp³-hybridized carbons (Fsp3) is 0.0625. The number of hydrogen-bond donors (Lipinski definition) is 1. The topological polar surface area (TPSA) is 43.4 Å². The number of nitrogens with zero attached hydrogens (tertiary/aromatic N) is 1. The summed E-state index contributed by atoms with van der Waals surface area (Å²) in [5, 5.41) is 6.84. The molecule has 4 nitrogen and oxygen atoms in total. The van der Waals surface area contributed by atoms with E-state index in [0.29, 0.717) is 0 Å². The van der Waals surface area contributed by atoms with E-state index >= 15 is 0 Å². The van der Waals surface area contributed by atoms with Crippen LogP contribution < -0.4 is 14.8 Å². The number of benzene rings is 2. The van der Waals surface area contributed by atoms with Gasteiger partial charge in [-0.1, -0.05) is 23.7 Å². The maximum Gasteiger partial charge on any atom is 0.231 e. The van der Waals surface area contributed by atoms with Crippen LogP contribution in [0.3, 0.4) is 0 Å². The number of ether oxygens (including phenoxy) is 2. The highest BCUT2D eigenvalue weighted by molar-refractivity contribution is 8.93. The highest BCUT2D eigenvalue weighted by Gasteiger charge is 2.13. The number of hydrogen-bond acceptors (Lipinski definition) is 5. The summed E-state index contributed by atoms with van der Waals surface area (Å²) in [6, 6.07) is 13.4. The molecule has 0 spiro atoms. The van der Waals surface area contributed by atoms with E-state index in [1.807, 2.05) is 47.8 Å². The van der Waals surface area contributed by atoms with Crippen LogP contribution in [0, 0.1) is 0 Å². The fourth-order valence-corrected chi connectivity index (χ4v) is 3.05. The third kappa shape index (κ3) is 3.44. The Bertz CT molecular complexity index is 823. The first-order chi connectivity index (χ1) is 10.8. The van der Waals surface area contributed by atoms with Crippen LogP contribution in [0.25, 0.3) is 11.3 Å². The second-order valence-corrected chi connectivity index (χ2v) is 6.03. The van der Waals surface area contributed by atoms with Crippen molar-refractivity contribution in [1.82, 2.24) is 4.98 Å². The minimum absolute atomic E-state index is 0. The molecule has 0 aliphatic carbocycles. The lowest BCUT2D eigenvalue weighted by Gasteiger charge is -2.03. The van der Waals surface area contributed by atoms with Crippen molar-refractivity contribution >= 4 is 50.7 Å². The van der Waals surface area contributed by atoms with Crippen LogP contribution >= 0.6 is 39.9 Å². The van der Waals surface area contributed by atoms with E-state index in [1.54, 1.807) is 11.3 Å². The predicted octanol–water partition coefficient (Wildman–Crippen LogP) is 5.51. The molecule has 2 heterocycles. The number of nitrogens with one attached hydrogen (secondary N) is 1. The Kier molecular flexibility index (Phi) is 4.75. The van der Waals surface area contributed by atoms with Gasteiger partial charge in [-0.05, 0) is 24.3 Å². The molecule has 23 heavy (non-hydrogen) atoms. The summed E-state index contributed by atoms with van der Waals surface area (Å²) >= 11 is 7.46. The van der Waals surface area contributed by atoms with Crippen molar-refractivity contribution in [3.05, 3.63) is 52.9 Å². The van der Waals surface area contributed by atoms with Crippen LogP contribution in [0.4, 0.5) is 10.8 Å². The lowest BCUT2D eigenvalue weighted by Crippen LogP contribution is -1.93. The van der Waals surface area contributed by atoms with Crippen LogP contribution in [-0.2, 0) is 0 Å². The maximum absolute atomic E-state index is 5.91. The van der Waals surface area contributed by atoms with Gasteiger partial charge in [0.2, 0.25) is 6.79 Å². The Morgan fingerprint density at radius 1 is 1.04 bits per heavy atom. The van der Waals surface area contributed by atoms with Gasteiger partial charge < -0.3 is 14.8 Å². The Hall–Kier alpha value is -1.76. The van der Waals surface area contributed by atoms with Gasteiger partial charge in [-0.25, -0.2) is 4.98 Å². The minimum atomic E-state index is 0. The van der Waals surface area contributed by atoms with E-state index in [0.717, 1.165) is 38.6 Å². The van der Waals surface area contributed by atoms with Gasteiger partial charge in [0.25, 0.3) is 0 Å². The standard InChI is InChI=1S/C16H11ClN2O2S.BrH/c17-11-3-1-10(2-4-11)13-8-22-16(19-13)18-12-5-6-14-15(7-12)21-9-20-14;/h1-8H,9H2,(H,18,19);1H.